The monoisotopic (exact) mass is 270 g/mol. The Balaban J connectivity index is 2.75. The molecule has 7 nitrogen and oxygen atoms in total. The highest BCUT2D eigenvalue weighted by Crippen LogP contribution is 2.14. The molecule has 0 spiro atoms. The molecule has 1 heterocycles. The van der Waals surface area contributed by atoms with Gasteiger partial charge in [-0.2, -0.15) is 9.97 Å². The van der Waals surface area contributed by atoms with Gasteiger partial charge in [0.2, 0.25) is 5.95 Å². The minimum Gasteiger partial charge on any atom is -0.461 e. The summed E-state index contributed by atoms with van der Waals surface area (Å²) in [4.78, 5) is 12.3. The van der Waals surface area contributed by atoms with Gasteiger partial charge in [0.1, 0.15) is 6.10 Å². The molecule has 0 aliphatic carbocycles. The molecule has 0 aliphatic rings. The first-order valence-electron chi connectivity index (χ1n) is 6.40. The fraction of sp³-hybridized carbons (Fsp3) is 0.750. The molecule has 1 unspecified atom stereocenters. The maximum Gasteiger partial charge on any atom is 0.324 e. The average molecular weight is 270 g/mol. The summed E-state index contributed by atoms with van der Waals surface area (Å²) in [5.74, 6) is 0.407. The van der Waals surface area contributed by atoms with E-state index >= 15 is 0 Å². The van der Waals surface area contributed by atoms with E-state index in [1.807, 2.05) is 27.7 Å². The van der Waals surface area contributed by atoms with Crippen LogP contribution >= 0.6 is 0 Å². The van der Waals surface area contributed by atoms with Gasteiger partial charge in [0.15, 0.2) is 0 Å². The second kappa shape index (κ2) is 7.73. The molecule has 19 heavy (non-hydrogen) atoms. The number of aromatic nitrogens is 3. The maximum absolute atomic E-state index is 5.57. The summed E-state index contributed by atoms with van der Waals surface area (Å²) >= 11 is 0. The van der Waals surface area contributed by atoms with Crippen molar-refractivity contribution in [3.05, 3.63) is 0 Å². The molecular formula is C12H22N4O3. The first kappa shape index (κ1) is 15.4. The second-order valence-corrected chi connectivity index (χ2v) is 4.23. The predicted molar refractivity (Wildman–Crippen MR) is 71.7 cm³/mol. The molecule has 1 atom stereocenters. The van der Waals surface area contributed by atoms with Crippen molar-refractivity contribution < 1.29 is 14.2 Å². The van der Waals surface area contributed by atoms with Crippen LogP contribution in [0.2, 0.25) is 0 Å². The van der Waals surface area contributed by atoms with Crippen LogP contribution in [0.4, 0.5) is 5.95 Å². The quantitative estimate of drug-likeness (QED) is 0.767. The largest absolute Gasteiger partial charge is 0.461 e. The molecule has 108 valence electrons. The van der Waals surface area contributed by atoms with Gasteiger partial charge in [-0.05, 0) is 27.7 Å². The molecule has 0 amide bonds. The predicted octanol–water partition coefficient (Wildman–Crippen LogP) is 1.50. The van der Waals surface area contributed by atoms with E-state index in [2.05, 4.69) is 20.3 Å². The summed E-state index contributed by atoms with van der Waals surface area (Å²) < 4.78 is 16.3. The number of hydrogen-bond donors (Lipinski definition) is 1. The van der Waals surface area contributed by atoms with Crippen LogP contribution in [0.3, 0.4) is 0 Å². The molecule has 0 fully saturated rings. The van der Waals surface area contributed by atoms with Crippen molar-refractivity contribution in [2.24, 2.45) is 0 Å². The molecule has 0 saturated carbocycles. The Morgan fingerprint density at radius 3 is 2.21 bits per heavy atom. The number of hydrogen-bond acceptors (Lipinski definition) is 7. The van der Waals surface area contributed by atoms with Crippen LogP contribution in [-0.2, 0) is 4.74 Å². The van der Waals surface area contributed by atoms with Crippen molar-refractivity contribution in [1.82, 2.24) is 15.0 Å². The highest BCUT2D eigenvalue weighted by molar-refractivity contribution is 5.26. The van der Waals surface area contributed by atoms with Gasteiger partial charge >= 0.3 is 12.0 Å². The van der Waals surface area contributed by atoms with Crippen molar-refractivity contribution in [2.75, 3.05) is 25.6 Å². The van der Waals surface area contributed by atoms with Crippen LogP contribution in [0, 0.1) is 0 Å². The SMILES string of the molecule is CCOCC(C)Oc1nc(NC)nc(OC(C)C)n1. The molecule has 1 aromatic heterocycles. The van der Waals surface area contributed by atoms with Crippen molar-refractivity contribution in [3.63, 3.8) is 0 Å². The average Bonchev–Trinajstić information content (AvgIpc) is 2.35. The third-order valence-electron chi connectivity index (χ3n) is 2.02. The van der Waals surface area contributed by atoms with E-state index in [9.17, 15) is 0 Å². The molecule has 0 aliphatic heterocycles. The second-order valence-electron chi connectivity index (χ2n) is 4.23. The summed E-state index contributed by atoms with van der Waals surface area (Å²) in [5, 5.41) is 2.84. The smallest absolute Gasteiger partial charge is 0.324 e. The lowest BCUT2D eigenvalue weighted by atomic mass is 10.4. The number of rotatable bonds is 8. The highest BCUT2D eigenvalue weighted by Gasteiger charge is 2.12. The van der Waals surface area contributed by atoms with Gasteiger partial charge in [0, 0.05) is 13.7 Å². The summed E-state index contributed by atoms with van der Waals surface area (Å²) in [5.41, 5.74) is 0. The van der Waals surface area contributed by atoms with Crippen molar-refractivity contribution in [2.45, 2.75) is 39.9 Å². The maximum atomic E-state index is 5.57. The van der Waals surface area contributed by atoms with Crippen LogP contribution in [0.1, 0.15) is 27.7 Å². The van der Waals surface area contributed by atoms with Crippen LogP contribution in [0.5, 0.6) is 12.0 Å². The molecular weight excluding hydrogens is 248 g/mol. The van der Waals surface area contributed by atoms with E-state index in [0.29, 0.717) is 19.2 Å². The minimum absolute atomic E-state index is 0.0131. The summed E-state index contributed by atoms with van der Waals surface area (Å²) in [6.07, 6.45) is -0.153. The zero-order valence-corrected chi connectivity index (χ0v) is 12.1. The van der Waals surface area contributed by atoms with E-state index in [1.165, 1.54) is 0 Å². The fourth-order valence-corrected chi connectivity index (χ4v) is 1.26. The number of anilines is 1. The van der Waals surface area contributed by atoms with Crippen LogP contribution in [0.25, 0.3) is 0 Å². The van der Waals surface area contributed by atoms with Crippen molar-refractivity contribution in [1.29, 1.82) is 0 Å². The molecule has 0 saturated heterocycles. The minimum atomic E-state index is -0.140. The topological polar surface area (TPSA) is 78.4 Å². The molecule has 0 aromatic carbocycles. The normalized spacial score (nSPS) is 12.3. The van der Waals surface area contributed by atoms with Gasteiger partial charge in [0.05, 0.1) is 12.7 Å². The zero-order valence-electron chi connectivity index (χ0n) is 12.1. The van der Waals surface area contributed by atoms with E-state index in [-0.39, 0.29) is 24.2 Å². The lowest BCUT2D eigenvalue weighted by Gasteiger charge is -2.14. The molecule has 0 radical (unpaired) electrons. The Morgan fingerprint density at radius 2 is 1.68 bits per heavy atom. The highest BCUT2D eigenvalue weighted by atomic mass is 16.5. The molecule has 7 heteroatoms. The lowest BCUT2D eigenvalue weighted by Crippen LogP contribution is -2.21. The van der Waals surface area contributed by atoms with Crippen molar-refractivity contribution in [3.8, 4) is 12.0 Å². The first-order chi connectivity index (χ1) is 9.05. The Kier molecular flexibility index (Phi) is 6.27. The third kappa shape index (κ3) is 5.69. The first-order valence-corrected chi connectivity index (χ1v) is 6.40. The van der Waals surface area contributed by atoms with E-state index in [0.717, 1.165) is 0 Å². The van der Waals surface area contributed by atoms with Gasteiger partial charge < -0.3 is 19.5 Å². The third-order valence-corrected chi connectivity index (χ3v) is 2.02. The van der Waals surface area contributed by atoms with Crippen LogP contribution in [-0.4, -0.2) is 47.4 Å². The van der Waals surface area contributed by atoms with E-state index < -0.39 is 0 Å². The standard InChI is InChI=1S/C12H22N4O3/c1-6-17-7-9(4)19-12-15-10(13-5)14-11(16-12)18-8(2)3/h8-9H,6-7H2,1-5H3,(H,13,14,15,16). The molecule has 1 N–H and O–H groups in total. The molecule has 1 rings (SSSR count). The summed E-state index contributed by atoms with van der Waals surface area (Å²) in [6, 6.07) is 0.468. The van der Waals surface area contributed by atoms with Crippen LogP contribution in [0.15, 0.2) is 0 Å². The van der Waals surface area contributed by atoms with E-state index in [1.54, 1.807) is 7.05 Å². The Hall–Kier alpha value is -1.63. The molecule has 1 aromatic rings. The van der Waals surface area contributed by atoms with Gasteiger partial charge in [-0.1, -0.05) is 0 Å². The molecule has 0 bridgehead atoms. The van der Waals surface area contributed by atoms with Crippen molar-refractivity contribution >= 4 is 5.95 Å². The van der Waals surface area contributed by atoms with Gasteiger partial charge in [0.25, 0.3) is 0 Å². The van der Waals surface area contributed by atoms with Gasteiger partial charge in [-0.3, -0.25) is 0 Å². The Labute approximate surface area is 113 Å². The van der Waals surface area contributed by atoms with E-state index in [4.69, 9.17) is 14.2 Å². The fourth-order valence-electron chi connectivity index (χ4n) is 1.26. The number of ether oxygens (including phenoxy) is 3. The van der Waals surface area contributed by atoms with Gasteiger partial charge in [-0.15, -0.1) is 4.98 Å². The zero-order chi connectivity index (χ0) is 14.3. The van der Waals surface area contributed by atoms with Gasteiger partial charge in [-0.25, -0.2) is 0 Å². The number of nitrogens with zero attached hydrogens (tertiary/aromatic N) is 3. The summed E-state index contributed by atoms with van der Waals surface area (Å²) in [6.45, 7) is 8.76. The Morgan fingerprint density at radius 1 is 1.05 bits per heavy atom. The summed E-state index contributed by atoms with van der Waals surface area (Å²) in [7, 11) is 1.72. The number of nitrogens with one attached hydrogen (secondary N) is 1. The van der Waals surface area contributed by atoms with Crippen LogP contribution < -0.4 is 14.8 Å². The Bertz CT molecular complexity index is 387. The lowest BCUT2D eigenvalue weighted by molar-refractivity contribution is 0.0598.